The van der Waals surface area contributed by atoms with Crippen LogP contribution in [-0.4, -0.2) is 15.6 Å². The van der Waals surface area contributed by atoms with Crippen LogP contribution >= 0.6 is 0 Å². The molecule has 0 aliphatic carbocycles. The van der Waals surface area contributed by atoms with Crippen molar-refractivity contribution in [2.45, 2.75) is 19.4 Å². The maximum Gasteiger partial charge on any atom is 0.352 e. The number of carbonyl (C=O) groups is 1. The topological polar surface area (TPSA) is 42.2 Å². The number of benzene rings is 1. The first-order valence-corrected chi connectivity index (χ1v) is 5.62. The smallest absolute Gasteiger partial charge is 0.352 e. The Hall–Kier alpha value is -2.03. The molecule has 0 spiro atoms. The van der Waals surface area contributed by atoms with E-state index in [1.807, 2.05) is 24.4 Å². The fraction of sp³-hybridized carbons (Fsp3) is 0.214. The Balaban J connectivity index is 2.16. The van der Waals surface area contributed by atoms with E-state index in [1.54, 1.807) is 16.7 Å². The van der Waals surface area contributed by atoms with Crippen LogP contribution in [0.15, 0.2) is 48.7 Å². The third-order valence-electron chi connectivity index (χ3n) is 2.89. The van der Waals surface area contributed by atoms with Gasteiger partial charge in [-0.3, -0.25) is 0 Å². The molecular formula is C14H15NO2. The van der Waals surface area contributed by atoms with Gasteiger partial charge in [-0.15, -0.1) is 0 Å². The zero-order valence-electron chi connectivity index (χ0n) is 9.71. The molecule has 1 heterocycles. The lowest BCUT2D eigenvalue weighted by Gasteiger charge is -2.14. The first-order valence-electron chi connectivity index (χ1n) is 5.62. The predicted octanol–water partition coefficient (Wildman–Crippen LogP) is 2.99. The third kappa shape index (κ3) is 2.56. The molecular weight excluding hydrogens is 214 g/mol. The summed E-state index contributed by atoms with van der Waals surface area (Å²) in [5.41, 5.74) is 1.56. The zero-order chi connectivity index (χ0) is 12.3. The molecule has 0 saturated carbocycles. The van der Waals surface area contributed by atoms with Crippen molar-refractivity contribution in [2.24, 2.45) is 0 Å². The van der Waals surface area contributed by atoms with Crippen LogP contribution < -0.4 is 0 Å². The number of hydrogen-bond donors (Lipinski definition) is 1. The molecule has 1 N–H and O–H groups in total. The van der Waals surface area contributed by atoms with E-state index >= 15 is 0 Å². The molecule has 2 aromatic rings. The van der Waals surface area contributed by atoms with Gasteiger partial charge >= 0.3 is 5.97 Å². The second-order valence-corrected chi connectivity index (χ2v) is 4.16. The summed E-state index contributed by atoms with van der Waals surface area (Å²) in [4.78, 5) is 11.0. The fourth-order valence-corrected chi connectivity index (χ4v) is 1.95. The second-order valence-electron chi connectivity index (χ2n) is 4.16. The van der Waals surface area contributed by atoms with Gasteiger partial charge in [-0.2, -0.15) is 0 Å². The van der Waals surface area contributed by atoms with Crippen molar-refractivity contribution in [1.82, 2.24) is 4.57 Å². The lowest BCUT2D eigenvalue weighted by Crippen LogP contribution is -2.11. The number of aromatic carboxylic acids is 1. The molecule has 2 rings (SSSR count). The summed E-state index contributed by atoms with van der Waals surface area (Å²) >= 11 is 0. The van der Waals surface area contributed by atoms with Gasteiger partial charge in [0, 0.05) is 12.7 Å². The van der Waals surface area contributed by atoms with Crippen LogP contribution in [0.2, 0.25) is 0 Å². The van der Waals surface area contributed by atoms with Crippen molar-refractivity contribution in [1.29, 1.82) is 0 Å². The highest BCUT2D eigenvalue weighted by atomic mass is 16.4. The van der Waals surface area contributed by atoms with Crippen LogP contribution in [0.1, 0.15) is 28.9 Å². The second kappa shape index (κ2) is 4.87. The van der Waals surface area contributed by atoms with Gasteiger partial charge in [0.15, 0.2) is 0 Å². The standard InChI is InChI=1S/C14H15NO2/c1-11(12-6-3-2-4-7-12)10-15-9-5-8-13(15)14(16)17/h2-9,11H,10H2,1H3,(H,16,17). The first-order chi connectivity index (χ1) is 8.18. The van der Waals surface area contributed by atoms with E-state index in [0.29, 0.717) is 18.2 Å². The van der Waals surface area contributed by atoms with Crippen LogP contribution in [0.4, 0.5) is 0 Å². The van der Waals surface area contributed by atoms with E-state index < -0.39 is 5.97 Å². The van der Waals surface area contributed by atoms with Crippen molar-refractivity contribution in [3.05, 3.63) is 59.9 Å². The summed E-state index contributed by atoms with van der Waals surface area (Å²) in [6.07, 6.45) is 1.81. The molecule has 1 aromatic heterocycles. The molecule has 0 saturated heterocycles. The van der Waals surface area contributed by atoms with E-state index in [-0.39, 0.29) is 0 Å². The van der Waals surface area contributed by atoms with Gasteiger partial charge in [0.25, 0.3) is 0 Å². The fourth-order valence-electron chi connectivity index (χ4n) is 1.95. The average molecular weight is 229 g/mol. The summed E-state index contributed by atoms with van der Waals surface area (Å²) in [7, 11) is 0. The lowest BCUT2D eigenvalue weighted by molar-refractivity contribution is 0.0684. The molecule has 1 aromatic carbocycles. The van der Waals surface area contributed by atoms with E-state index in [9.17, 15) is 4.79 Å². The molecule has 0 radical (unpaired) electrons. The van der Waals surface area contributed by atoms with Gasteiger partial charge in [0.1, 0.15) is 5.69 Å². The molecule has 3 heteroatoms. The highest BCUT2D eigenvalue weighted by molar-refractivity contribution is 5.85. The molecule has 0 bridgehead atoms. The molecule has 0 aliphatic rings. The average Bonchev–Trinajstić information content (AvgIpc) is 2.78. The monoisotopic (exact) mass is 229 g/mol. The molecule has 0 fully saturated rings. The Labute approximate surface area is 100 Å². The Bertz CT molecular complexity index is 502. The van der Waals surface area contributed by atoms with Gasteiger partial charge in [-0.25, -0.2) is 4.79 Å². The van der Waals surface area contributed by atoms with Crippen molar-refractivity contribution in [3.8, 4) is 0 Å². The van der Waals surface area contributed by atoms with Crippen molar-refractivity contribution >= 4 is 5.97 Å². The zero-order valence-corrected chi connectivity index (χ0v) is 9.71. The number of aromatic nitrogens is 1. The van der Waals surface area contributed by atoms with Crippen molar-refractivity contribution in [2.75, 3.05) is 0 Å². The van der Waals surface area contributed by atoms with Crippen LogP contribution in [0.5, 0.6) is 0 Å². The summed E-state index contributed by atoms with van der Waals surface area (Å²) in [5, 5.41) is 9.02. The van der Waals surface area contributed by atoms with Crippen LogP contribution in [0, 0.1) is 0 Å². The highest BCUT2D eigenvalue weighted by Crippen LogP contribution is 2.18. The van der Waals surface area contributed by atoms with Gasteiger partial charge in [0.05, 0.1) is 0 Å². The molecule has 88 valence electrons. The minimum atomic E-state index is -0.879. The maximum atomic E-state index is 11.0. The van der Waals surface area contributed by atoms with E-state index in [1.165, 1.54) is 5.56 Å². The van der Waals surface area contributed by atoms with Crippen LogP contribution in [0.3, 0.4) is 0 Å². The van der Waals surface area contributed by atoms with Gasteiger partial charge in [-0.1, -0.05) is 37.3 Å². The number of nitrogens with zero attached hydrogens (tertiary/aromatic N) is 1. The third-order valence-corrected chi connectivity index (χ3v) is 2.89. The molecule has 0 aliphatic heterocycles. The Morgan fingerprint density at radius 1 is 1.24 bits per heavy atom. The predicted molar refractivity (Wildman–Crippen MR) is 66.2 cm³/mol. The quantitative estimate of drug-likeness (QED) is 0.875. The minimum absolute atomic E-state index is 0.293. The largest absolute Gasteiger partial charge is 0.477 e. The van der Waals surface area contributed by atoms with Crippen LogP contribution in [-0.2, 0) is 6.54 Å². The maximum absolute atomic E-state index is 11.0. The van der Waals surface area contributed by atoms with E-state index in [0.717, 1.165) is 0 Å². The molecule has 0 amide bonds. The van der Waals surface area contributed by atoms with Crippen LogP contribution in [0.25, 0.3) is 0 Å². The van der Waals surface area contributed by atoms with E-state index in [4.69, 9.17) is 5.11 Å². The highest BCUT2D eigenvalue weighted by Gasteiger charge is 2.12. The van der Waals surface area contributed by atoms with Crippen molar-refractivity contribution in [3.63, 3.8) is 0 Å². The molecule has 17 heavy (non-hydrogen) atoms. The molecule has 3 nitrogen and oxygen atoms in total. The molecule has 1 unspecified atom stereocenters. The molecule has 1 atom stereocenters. The minimum Gasteiger partial charge on any atom is -0.477 e. The normalized spacial score (nSPS) is 12.3. The number of carboxylic acids is 1. The Morgan fingerprint density at radius 3 is 2.59 bits per heavy atom. The van der Waals surface area contributed by atoms with Gasteiger partial charge in [-0.05, 0) is 23.6 Å². The SMILES string of the molecule is CC(Cn1cccc1C(=O)O)c1ccccc1. The number of hydrogen-bond acceptors (Lipinski definition) is 1. The van der Waals surface area contributed by atoms with Gasteiger partial charge < -0.3 is 9.67 Å². The van der Waals surface area contributed by atoms with Crippen molar-refractivity contribution < 1.29 is 9.90 Å². The number of rotatable bonds is 4. The summed E-state index contributed by atoms with van der Waals surface area (Å²) in [6.45, 7) is 2.78. The van der Waals surface area contributed by atoms with E-state index in [2.05, 4.69) is 19.1 Å². The lowest BCUT2D eigenvalue weighted by atomic mass is 10.0. The Kier molecular flexibility index (Phi) is 3.28. The number of carboxylic acid groups (broad SMARTS) is 1. The summed E-state index contributed by atoms with van der Waals surface area (Å²) in [6, 6.07) is 13.5. The summed E-state index contributed by atoms with van der Waals surface area (Å²) in [5.74, 6) is -0.586. The summed E-state index contributed by atoms with van der Waals surface area (Å²) < 4.78 is 1.78. The first kappa shape index (κ1) is 11.5. The van der Waals surface area contributed by atoms with Gasteiger partial charge in [0.2, 0.25) is 0 Å². The Morgan fingerprint density at radius 2 is 1.94 bits per heavy atom.